The lowest BCUT2D eigenvalue weighted by atomic mass is 9.95. The Morgan fingerprint density at radius 3 is 2.80 bits per heavy atom. The maximum absolute atomic E-state index is 12.0. The van der Waals surface area contributed by atoms with E-state index in [2.05, 4.69) is 10.3 Å². The molecule has 4 heterocycles. The number of amides is 1. The van der Waals surface area contributed by atoms with Crippen LogP contribution in [0.25, 0.3) is 5.65 Å². The van der Waals surface area contributed by atoms with Gasteiger partial charge in [0.15, 0.2) is 5.69 Å². The Bertz CT molecular complexity index is 1040. The van der Waals surface area contributed by atoms with Crippen LogP contribution in [0.15, 0.2) is 35.8 Å². The number of ether oxygens (including phenoxy) is 1. The molecule has 0 bridgehead atoms. The van der Waals surface area contributed by atoms with E-state index in [0.717, 1.165) is 24.1 Å². The fourth-order valence-electron chi connectivity index (χ4n) is 3.98. The number of aromatic nitrogens is 2. The van der Waals surface area contributed by atoms with Crippen molar-refractivity contribution in [1.82, 2.24) is 19.6 Å². The molecule has 2 aromatic rings. The normalized spacial score (nSPS) is 18.0. The second kappa shape index (κ2) is 8.27. The van der Waals surface area contributed by atoms with Gasteiger partial charge in [-0.2, -0.15) is 0 Å². The lowest BCUT2D eigenvalue weighted by Crippen LogP contribution is -2.43. The number of carbonyl (C=O) groups is 2. The smallest absolute Gasteiger partial charge is 0.356 e. The average molecular weight is 411 g/mol. The van der Waals surface area contributed by atoms with Crippen molar-refractivity contribution >= 4 is 23.2 Å². The maximum atomic E-state index is 12.0. The number of carboxylic acid groups (broad SMARTS) is 1. The Labute approximate surface area is 173 Å². The van der Waals surface area contributed by atoms with Crippen molar-refractivity contribution in [3.63, 3.8) is 0 Å². The summed E-state index contributed by atoms with van der Waals surface area (Å²) in [4.78, 5) is 29.3. The first-order valence-corrected chi connectivity index (χ1v) is 10.1. The molecule has 2 aliphatic heterocycles. The fraction of sp³-hybridized carbons (Fsp3) is 0.429. The van der Waals surface area contributed by atoms with Crippen LogP contribution < -0.4 is 5.32 Å². The molecular formula is C21H25N5O4. The molecule has 4 rings (SSSR count). The summed E-state index contributed by atoms with van der Waals surface area (Å²) in [7, 11) is 0. The predicted molar refractivity (Wildman–Crippen MR) is 110 cm³/mol. The molecule has 3 N–H and O–H groups in total. The van der Waals surface area contributed by atoms with Crippen LogP contribution in [-0.4, -0.2) is 69.3 Å². The highest BCUT2D eigenvalue weighted by Gasteiger charge is 2.27. The molecule has 0 atom stereocenters. The highest BCUT2D eigenvalue weighted by atomic mass is 16.5. The van der Waals surface area contributed by atoms with Crippen molar-refractivity contribution < 1.29 is 19.4 Å². The lowest BCUT2D eigenvalue weighted by molar-refractivity contribution is -0.128. The van der Waals surface area contributed by atoms with Crippen LogP contribution >= 0.6 is 0 Å². The largest absolute Gasteiger partial charge is 0.476 e. The second-order valence-electron chi connectivity index (χ2n) is 7.64. The molecule has 1 saturated heterocycles. The SMILES string of the molecule is CC(=O)N1CCC(NC2CCOCC2)=C(C(=N)c2cccn3cc(C(=O)O)nc23)C1. The Kier molecular flexibility index (Phi) is 5.54. The molecule has 0 aromatic carbocycles. The number of carbonyl (C=O) groups excluding carboxylic acids is 1. The minimum atomic E-state index is -1.11. The average Bonchev–Trinajstić information content (AvgIpc) is 3.19. The minimum Gasteiger partial charge on any atom is -0.476 e. The van der Waals surface area contributed by atoms with Gasteiger partial charge in [0.25, 0.3) is 0 Å². The second-order valence-corrected chi connectivity index (χ2v) is 7.64. The number of pyridine rings is 1. The first-order valence-electron chi connectivity index (χ1n) is 10.1. The van der Waals surface area contributed by atoms with E-state index in [1.807, 2.05) is 0 Å². The molecule has 158 valence electrons. The van der Waals surface area contributed by atoms with E-state index in [0.29, 0.717) is 43.9 Å². The van der Waals surface area contributed by atoms with Crippen LogP contribution in [0.5, 0.6) is 0 Å². The van der Waals surface area contributed by atoms with Crippen molar-refractivity contribution in [2.75, 3.05) is 26.3 Å². The molecule has 0 unspecified atom stereocenters. The van der Waals surface area contributed by atoms with Gasteiger partial charge in [0.2, 0.25) is 5.91 Å². The molecule has 0 spiro atoms. The van der Waals surface area contributed by atoms with Gasteiger partial charge in [-0.15, -0.1) is 0 Å². The Morgan fingerprint density at radius 2 is 2.10 bits per heavy atom. The number of aromatic carboxylic acids is 1. The van der Waals surface area contributed by atoms with E-state index in [1.54, 1.807) is 27.6 Å². The van der Waals surface area contributed by atoms with Gasteiger partial charge in [0, 0.05) is 74.9 Å². The predicted octanol–water partition coefficient (Wildman–Crippen LogP) is 1.68. The van der Waals surface area contributed by atoms with Gasteiger partial charge in [-0.25, -0.2) is 9.78 Å². The maximum Gasteiger partial charge on any atom is 0.356 e. The summed E-state index contributed by atoms with van der Waals surface area (Å²) in [5, 5.41) is 21.8. The van der Waals surface area contributed by atoms with Crippen LogP contribution in [-0.2, 0) is 9.53 Å². The molecule has 0 aliphatic carbocycles. The topological polar surface area (TPSA) is 120 Å². The molecule has 2 aromatic heterocycles. The molecular weight excluding hydrogens is 386 g/mol. The quantitative estimate of drug-likeness (QED) is 0.644. The molecule has 1 amide bonds. The zero-order chi connectivity index (χ0) is 21.3. The number of hydrogen-bond donors (Lipinski definition) is 3. The van der Waals surface area contributed by atoms with E-state index < -0.39 is 5.97 Å². The van der Waals surface area contributed by atoms with Gasteiger partial charge in [0.05, 0.1) is 5.71 Å². The summed E-state index contributed by atoms with van der Waals surface area (Å²) in [6.07, 6.45) is 5.60. The van der Waals surface area contributed by atoms with Gasteiger partial charge in [-0.1, -0.05) is 0 Å². The van der Waals surface area contributed by atoms with E-state index in [1.165, 1.54) is 13.1 Å². The Hall–Kier alpha value is -3.20. The molecule has 30 heavy (non-hydrogen) atoms. The number of imidazole rings is 1. The first kappa shape index (κ1) is 20.1. The zero-order valence-corrected chi connectivity index (χ0v) is 16.9. The molecule has 0 saturated carbocycles. The van der Waals surface area contributed by atoms with Crippen LogP contribution in [0, 0.1) is 5.41 Å². The van der Waals surface area contributed by atoms with Crippen molar-refractivity contribution in [2.24, 2.45) is 0 Å². The number of nitrogens with one attached hydrogen (secondary N) is 2. The summed E-state index contributed by atoms with van der Waals surface area (Å²) in [6, 6.07) is 3.81. The highest BCUT2D eigenvalue weighted by Crippen LogP contribution is 2.24. The van der Waals surface area contributed by atoms with Gasteiger partial charge in [0.1, 0.15) is 5.65 Å². The number of hydrogen-bond acceptors (Lipinski definition) is 6. The molecule has 1 fully saturated rings. The fourth-order valence-corrected chi connectivity index (χ4v) is 3.98. The number of rotatable bonds is 5. The summed E-state index contributed by atoms with van der Waals surface area (Å²) < 4.78 is 7.06. The van der Waals surface area contributed by atoms with Gasteiger partial charge >= 0.3 is 5.97 Å². The van der Waals surface area contributed by atoms with E-state index in [4.69, 9.17) is 10.1 Å². The third-order valence-corrected chi connectivity index (χ3v) is 5.66. The first-order chi connectivity index (χ1) is 14.4. The minimum absolute atomic E-state index is 0.0300. The molecule has 2 aliphatic rings. The van der Waals surface area contributed by atoms with Crippen LogP contribution in [0.2, 0.25) is 0 Å². The number of fused-ring (bicyclic) bond motifs is 1. The highest BCUT2D eigenvalue weighted by molar-refractivity contribution is 6.15. The van der Waals surface area contributed by atoms with Crippen molar-refractivity contribution in [3.05, 3.63) is 47.1 Å². The number of nitrogens with zero attached hydrogens (tertiary/aromatic N) is 3. The van der Waals surface area contributed by atoms with Crippen molar-refractivity contribution in [2.45, 2.75) is 32.2 Å². The summed E-state index contributed by atoms with van der Waals surface area (Å²) in [6.45, 7) is 3.90. The zero-order valence-electron chi connectivity index (χ0n) is 16.9. The van der Waals surface area contributed by atoms with Gasteiger partial charge in [-0.3, -0.25) is 10.2 Å². The molecule has 9 nitrogen and oxygen atoms in total. The lowest BCUT2D eigenvalue weighted by Gasteiger charge is -2.34. The molecule has 0 radical (unpaired) electrons. The van der Waals surface area contributed by atoms with E-state index in [9.17, 15) is 14.7 Å². The Morgan fingerprint density at radius 1 is 1.33 bits per heavy atom. The summed E-state index contributed by atoms with van der Waals surface area (Å²) in [5.41, 5.74) is 2.85. The monoisotopic (exact) mass is 411 g/mol. The summed E-state index contributed by atoms with van der Waals surface area (Å²) in [5.74, 6) is -1.14. The summed E-state index contributed by atoms with van der Waals surface area (Å²) >= 11 is 0. The Balaban J connectivity index is 1.72. The van der Waals surface area contributed by atoms with Crippen molar-refractivity contribution in [1.29, 1.82) is 5.41 Å². The van der Waals surface area contributed by atoms with Gasteiger partial charge in [-0.05, 0) is 25.0 Å². The van der Waals surface area contributed by atoms with E-state index in [-0.39, 0.29) is 23.4 Å². The van der Waals surface area contributed by atoms with E-state index >= 15 is 0 Å². The number of carboxylic acids is 1. The van der Waals surface area contributed by atoms with Gasteiger partial charge < -0.3 is 24.5 Å². The third kappa shape index (κ3) is 3.93. The van der Waals surface area contributed by atoms with Crippen LogP contribution in [0.1, 0.15) is 42.2 Å². The van der Waals surface area contributed by atoms with Crippen molar-refractivity contribution in [3.8, 4) is 0 Å². The van der Waals surface area contributed by atoms with Crippen LogP contribution in [0.4, 0.5) is 0 Å². The van der Waals surface area contributed by atoms with Crippen LogP contribution in [0.3, 0.4) is 0 Å². The standard InChI is InChI=1S/C21H25N5O4/c1-13(27)25-8-4-17(23-14-5-9-30-10-6-14)16(11-25)19(22)15-3-2-7-26-12-18(21(28)29)24-20(15)26/h2-3,7,12,14,22-23H,4-6,8-11H2,1H3,(H,28,29). The third-order valence-electron chi connectivity index (χ3n) is 5.66. The molecule has 9 heteroatoms.